The number of nitrogens with one attached hydrogen (secondary N) is 1. The molecule has 0 amide bonds. The van der Waals surface area contributed by atoms with Crippen LogP contribution in [0.2, 0.25) is 10.0 Å². The van der Waals surface area contributed by atoms with E-state index in [4.69, 9.17) is 33.4 Å². The van der Waals surface area contributed by atoms with Crippen LogP contribution in [0.15, 0.2) is 30.4 Å². The second-order valence-corrected chi connectivity index (χ2v) is 7.18. The van der Waals surface area contributed by atoms with Gasteiger partial charge < -0.3 is 20.4 Å². The van der Waals surface area contributed by atoms with Crippen molar-refractivity contribution in [3.8, 4) is 0 Å². The zero-order chi connectivity index (χ0) is 19.1. The van der Waals surface area contributed by atoms with Crippen LogP contribution in [-0.2, 0) is 9.59 Å². The normalized spacial score (nSPS) is 22.3. The summed E-state index contributed by atoms with van der Waals surface area (Å²) in [5.41, 5.74) is 1.21. The SMILES string of the molecule is Clc1ccc(N2CC3CCNCCC3C2)cc1Cl.O=C(O)/C=C\C(=O)O. The zero-order valence-corrected chi connectivity index (χ0v) is 15.7. The Morgan fingerprint density at radius 3 is 2.00 bits per heavy atom. The molecule has 142 valence electrons. The highest BCUT2D eigenvalue weighted by molar-refractivity contribution is 6.42. The summed E-state index contributed by atoms with van der Waals surface area (Å²) in [7, 11) is 0. The minimum Gasteiger partial charge on any atom is -0.478 e. The number of benzene rings is 1. The van der Waals surface area contributed by atoms with Crippen LogP contribution < -0.4 is 10.2 Å². The highest BCUT2D eigenvalue weighted by atomic mass is 35.5. The number of halogens is 2. The van der Waals surface area contributed by atoms with Crippen molar-refractivity contribution in [3.05, 3.63) is 40.4 Å². The van der Waals surface area contributed by atoms with E-state index in [1.165, 1.54) is 18.5 Å². The highest BCUT2D eigenvalue weighted by Gasteiger charge is 2.33. The van der Waals surface area contributed by atoms with Gasteiger partial charge in [-0.1, -0.05) is 23.2 Å². The lowest BCUT2D eigenvalue weighted by atomic mass is 9.92. The lowest BCUT2D eigenvalue weighted by Crippen LogP contribution is -2.22. The summed E-state index contributed by atoms with van der Waals surface area (Å²) >= 11 is 12.1. The molecular weight excluding hydrogens is 379 g/mol. The third-order valence-electron chi connectivity index (χ3n) is 4.60. The Kier molecular flexibility index (Phi) is 7.75. The van der Waals surface area contributed by atoms with Gasteiger partial charge in [0.05, 0.1) is 10.0 Å². The maximum Gasteiger partial charge on any atom is 0.328 e. The molecule has 1 aromatic carbocycles. The molecule has 0 aromatic heterocycles. The molecule has 3 rings (SSSR count). The van der Waals surface area contributed by atoms with Crippen LogP contribution in [0.5, 0.6) is 0 Å². The molecule has 2 aliphatic heterocycles. The van der Waals surface area contributed by atoms with Crippen LogP contribution in [0.25, 0.3) is 0 Å². The van der Waals surface area contributed by atoms with Crippen molar-refractivity contribution in [3.63, 3.8) is 0 Å². The molecule has 0 aliphatic carbocycles. The number of hydrogen-bond donors (Lipinski definition) is 3. The minimum absolute atomic E-state index is 0.558. The standard InChI is InChI=1S/C14H18Cl2N2.C4H4O4/c15-13-2-1-12(7-14(13)16)18-8-10-3-5-17-6-4-11(10)9-18;5-3(6)1-2-4(7)8/h1-2,7,10-11,17H,3-6,8-9H2;1-2H,(H,5,6)(H,7,8)/b;2-1-. The second kappa shape index (κ2) is 9.80. The van der Waals surface area contributed by atoms with Crippen molar-refractivity contribution in [2.24, 2.45) is 11.8 Å². The van der Waals surface area contributed by atoms with Crippen LogP contribution in [0, 0.1) is 11.8 Å². The summed E-state index contributed by atoms with van der Waals surface area (Å²) < 4.78 is 0. The molecule has 8 heteroatoms. The molecule has 2 heterocycles. The molecule has 0 radical (unpaired) electrons. The molecule has 2 fully saturated rings. The van der Waals surface area contributed by atoms with E-state index in [1.54, 1.807) is 0 Å². The lowest BCUT2D eigenvalue weighted by molar-refractivity contribution is -0.134. The van der Waals surface area contributed by atoms with Crippen LogP contribution in [0.3, 0.4) is 0 Å². The lowest BCUT2D eigenvalue weighted by Gasteiger charge is -2.19. The average Bonchev–Trinajstić information content (AvgIpc) is 2.87. The van der Waals surface area contributed by atoms with E-state index in [1.807, 2.05) is 12.1 Å². The molecule has 2 aliphatic rings. The van der Waals surface area contributed by atoms with E-state index in [2.05, 4.69) is 16.3 Å². The van der Waals surface area contributed by atoms with E-state index >= 15 is 0 Å². The first-order valence-electron chi connectivity index (χ1n) is 8.41. The molecule has 2 atom stereocenters. The van der Waals surface area contributed by atoms with Crippen molar-refractivity contribution >= 4 is 40.8 Å². The van der Waals surface area contributed by atoms with Gasteiger partial charge in [-0.05, 0) is 56.0 Å². The third kappa shape index (κ3) is 6.20. The Bertz CT molecular complexity index is 651. The number of hydrogen-bond acceptors (Lipinski definition) is 4. The number of rotatable bonds is 3. The van der Waals surface area contributed by atoms with Gasteiger partial charge in [-0.15, -0.1) is 0 Å². The highest BCUT2D eigenvalue weighted by Crippen LogP contribution is 2.35. The molecule has 0 spiro atoms. The molecule has 26 heavy (non-hydrogen) atoms. The average molecular weight is 401 g/mol. The van der Waals surface area contributed by atoms with Crippen molar-refractivity contribution in [1.29, 1.82) is 0 Å². The Morgan fingerprint density at radius 1 is 1.00 bits per heavy atom. The summed E-state index contributed by atoms with van der Waals surface area (Å²) in [4.78, 5) is 21.6. The number of carboxylic acid groups (broad SMARTS) is 2. The van der Waals surface area contributed by atoms with Gasteiger partial charge in [-0.2, -0.15) is 0 Å². The van der Waals surface area contributed by atoms with E-state index < -0.39 is 11.9 Å². The van der Waals surface area contributed by atoms with E-state index in [0.717, 1.165) is 38.0 Å². The van der Waals surface area contributed by atoms with Gasteiger partial charge in [0.15, 0.2) is 0 Å². The molecule has 0 saturated carbocycles. The molecular formula is C18H22Cl2N2O4. The van der Waals surface area contributed by atoms with Crippen molar-refractivity contribution < 1.29 is 19.8 Å². The molecule has 6 nitrogen and oxygen atoms in total. The Labute approximate surface area is 162 Å². The van der Waals surface area contributed by atoms with Gasteiger partial charge in [0, 0.05) is 30.9 Å². The van der Waals surface area contributed by atoms with E-state index in [-0.39, 0.29) is 0 Å². The van der Waals surface area contributed by atoms with Gasteiger partial charge in [0.25, 0.3) is 0 Å². The van der Waals surface area contributed by atoms with Gasteiger partial charge in [-0.25, -0.2) is 9.59 Å². The summed E-state index contributed by atoms with van der Waals surface area (Å²) in [5.74, 6) is -0.858. The molecule has 2 saturated heterocycles. The first-order chi connectivity index (χ1) is 12.4. The molecule has 0 bridgehead atoms. The van der Waals surface area contributed by atoms with E-state index in [0.29, 0.717) is 22.2 Å². The number of anilines is 1. The van der Waals surface area contributed by atoms with E-state index in [9.17, 15) is 9.59 Å². The summed E-state index contributed by atoms with van der Waals surface area (Å²) in [6.07, 6.45) is 3.70. The predicted octanol–water partition coefficient (Wildman–Crippen LogP) is 3.14. The monoisotopic (exact) mass is 400 g/mol. The number of aliphatic carboxylic acids is 2. The zero-order valence-electron chi connectivity index (χ0n) is 14.2. The summed E-state index contributed by atoms with van der Waals surface area (Å²) in [6.45, 7) is 4.64. The number of carboxylic acids is 2. The quantitative estimate of drug-likeness (QED) is 0.675. The largest absolute Gasteiger partial charge is 0.478 e. The van der Waals surface area contributed by atoms with Gasteiger partial charge in [0.2, 0.25) is 0 Å². The fraction of sp³-hybridized carbons (Fsp3) is 0.444. The first kappa shape index (κ1) is 20.6. The molecule has 1 aromatic rings. The fourth-order valence-corrected chi connectivity index (χ4v) is 3.62. The third-order valence-corrected chi connectivity index (χ3v) is 5.34. The maximum atomic E-state index is 9.55. The van der Waals surface area contributed by atoms with Gasteiger partial charge in [-0.3, -0.25) is 0 Å². The van der Waals surface area contributed by atoms with Crippen LogP contribution >= 0.6 is 23.2 Å². The smallest absolute Gasteiger partial charge is 0.328 e. The van der Waals surface area contributed by atoms with Crippen molar-refractivity contribution in [1.82, 2.24) is 5.32 Å². The minimum atomic E-state index is -1.26. The molecule has 2 unspecified atom stereocenters. The van der Waals surface area contributed by atoms with Crippen LogP contribution in [0.1, 0.15) is 12.8 Å². The molecule has 3 N–H and O–H groups in total. The number of nitrogens with zero attached hydrogens (tertiary/aromatic N) is 1. The Balaban J connectivity index is 0.000000260. The van der Waals surface area contributed by atoms with Crippen molar-refractivity contribution in [2.75, 3.05) is 31.1 Å². The van der Waals surface area contributed by atoms with Gasteiger partial charge >= 0.3 is 11.9 Å². The summed E-state index contributed by atoms with van der Waals surface area (Å²) in [6, 6.07) is 5.97. The summed E-state index contributed by atoms with van der Waals surface area (Å²) in [5, 5.41) is 20.4. The maximum absolute atomic E-state index is 9.55. The van der Waals surface area contributed by atoms with Gasteiger partial charge in [0.1, 0.15) is 0 Å². The van der Waals surface area contributed by atoms with Crippen molar-refractivity contribution in [2.45, 2.75) is 12.8 Å². The Morgan fingerprint density at radius 2 is 1.54 bits per heavy atom. The first-order valence-corrected chi connectivity index (χ1v) is 9.17. The topological polar surface area (TPSA) is 89.9 Å². The number of fused-ring (bicyclic) bond motifs is 1. The van der Waals surface area contributed by atoms with Crippen LogP contribution in [0.4, 0.5) is 5.69 Å². The number of carbonyl (C=O) groups is 2. The predicted molar refractivity (Wildman–Crippen MR) is 102 cm³/mol. The fourth-order valence-electron chi connectivity index (χ4n) is 3.33. The second-order valence-electron chi connectivity index (χ2n) is 6.36. The van der Waals surface area contributed by atoms with Crippen LogP contribution in [-0.4, -0.2) is 48.3 Å². The Hall–Kier alpha value is -1.76.